The normalized spacial score (nSPS) is 13.9. The van der Waals surface area contributed by atoms with Gasteiger partial charge in [0.2, 0.25) is 0 Å². The molecule has 0 radical (unpaired) electrons. The van der Waals surface area contributed by atoms with Crippen molar-refractivity contribution >= 4 is 23.3 Å². The Morgan fingerprint density at radius 2 is 1.50 bits per heavy atom. The Morgan fingerprint density at radius 1 is 0.882 bits per heavy atom. The first-order chi connectivity index (χ1) is 16.6. The Hall–Kier alpha value is -3.80. The predicted molar refractivity (Wildman–Crippen MR) is 137 cm³/mol. The standard InChI is InChI=1S/C28H32N4O2/c1-2-31(21-22-11-5-3-6-12-22)27(33)25-15-9-10-16-26(25)32-19-17-24(18-20-32)30-28(34)29-23-13-7-4-8-14-23/h3-16,24H,2,17-21H2,1H3,(H2,29,30,34). The summed E-state index contributed by atoms with van der Waals surface area (Å²) in [4.78, 5) is 30.0. The van der Waals surface area contributed by atoms with Gasteiger partial charge in [0.05, 0.1) is 5.56 Å². The Labute approximate surface area is 201 Å². The van der Waals surface area contributed by atoms with E-state index >= 15 is 0 Å². The third-order valence-corrected chi connectivity index (χ3v) is 6.22. The van der Waals surface area contributed by atoms with E-state index in [4.69, 9.17) is 0 Å². The Kier molecular flexibility index (Phi) is 7.81. The van der Waals surface area contributed by atoms with Gasteiger partial charge in [0.1, 0.15) is 0 Å². The first-order valence-electron chi connectivity index (χ1n) is 11.9. The van der Waals surface area contributed by atoms with Crippen LogP contribution in [0.4, 0.5) is 16.2 Å². The van der Waals surface area contributed by atoms with Crippen LogP contribution in [-0.2, 0) is 6.54 Å². The lowest BCUT2D eigenvalue weighted by Crippen LogP contribution is -2.46. The van der Waals surface area contributed by atoms with Gasteiger partial charge in [-0.2, -0.15) is 0 Å². The number of benzene rings is 3. The van der Waals surface area contributed by atoms with E-state index in [1.165, 1.54) is 0 Å². The number of urea groups is 1. The fourth-order valence-corrected chi connectivity index (χ4v) is 4.37. The molecule has 0 saturated carbocycles. The molecular formula is C28H32N4O2. The number of hydrogen-bond acceptors (Lipinski definition) is 3. The number of rotatable bonds is 7. The van der Waals surface area contributed by atoms with Gasteiger partial charge < -0.3 is 20.4 Å². The summed E-state index contributed by atoms with van der Waals surface area (Å²) in [5.41, 5.74) is 3.59. The summed E-state index contributed by atoms with van der Waals surface area (Å²) < 4.78 is 0. The molecule has 0 atom stereocenters. The van der Waals surface area contributed by atoms with Crippen molar-refractivity contribution in [2.24, 2.45) is 0 Å². The number of piperidine rings is 1. The summed E-state index contributed by atoms with van der Waals surface area (Å²) in [7, 11) is 0. The summed E-state index contributed by atoms with van der Waals surface area (Å²) in [5, 5.41) is 5.96. The highest BCUT2D eigenvalue weighted by molar-refractivity contribution is 5.99. The van der Waals surface area contributed by atoms with Crippen molar-refractivity contribution in [2.45, 2.75) is 32.4 Å². The van der Waals surface area contributed by atoms with E-state index in [0.29, 0.717) is 13.1 Å². The minimum absolute atomic E-state index is 0.0458. The molecule has 1 saturated heterocycles. The van der Waals surface area contributed by atoms with E-state index in [9.17, 15) is 9.59 Å². The zero-order valence-electron chi connectivity index (χ0n) is 19.6. The molecule has 1 fully saturated rings. The van der Waals surface area contributed by atoms with Gasteiger partial charge in [-0.1, -0.05) is 60.7 Å². The van der Waals surface area contributed by atoms with E-state index in [2.05, 4.69) is 15.5 Å². The van der Waals surface area contributed by atoms with Crippen LogP contribution in [0.25, 0.3) is 0 Å². The van der Waals surface area contributed by atoms with Crippen LogP contribution in [0.1, 0.15) is 35.7 Å². The molecule has 6 nitrogen and oxygen atoms in total. The highest BCUT2D eigenvalue weighted by atomic mass is 16.2. The second-order valence-electron chi connectivity index (χ2n) is 8.55. The molecule has 0 spiro atoms. The fourth-order valence-electron chi connectivity index (χ4n) is 4.37. The molecule has 1 heterocycles. The SMILES string of the molecule is CCN(Cc1ccccc1)C(=O)c1ccccc1N1CCC(NC(=O)Nc2ccccc2)CC1. The van der Waals surface area contributed by atoms with Gasteiger partial charge in [-0.15, -0.1) is 0 Å². The number of anilines is 2. The van der Waals surface area contributed by atoms with Crippen molar-refractivity contribution in [1.82, 2.24) is 10.2 Å². The molecule has 0 aliphatic carbocycles. The summed E-state index contributed by atoms with van der Waals surface area (Å²) in [5.74, 6) is 0.0458. The summed E-state index contributed by atoms with van der Waals surface area (Å²) in [6.07, 6.45) is 1.65. The average molecular weight is 457 g/mol. The first-order valence-corrected chi connectivity index (χ1v) is 11.9. The maximum atomic E-state index is 13.5. The average Bonchev–Trinajstić information content (AvgIpc) is 2.88. The molecule has 3 amide bonds. The van der Waals surface area contributed by atoms with Crippen LogP contribution in [-0.4, -0.2) is 42.5 Å². The predicted octanol–water partition coefficient (Wildman–Crippen LogP) is 5.14. The second-order valence-corrected chi connectivity index (χ2v) is 8.55. The van der Waals surface area contributed by atoms with Crippen LogP contribution in [0.3, 0.4) is 0 Å². The molecule has 1 aliphatic heterocycles. The quantitative estimate of drug-likeness (QED) is 0.517. The Bertz CT molecular complexity index is 1080. The van der Waals surface area contributed by atoms with E-state index in [-0.39, 0.29) is 18.0 Å². The van der Waals surface area contributed by atoms with Crippen LogP contribution in [0.2, 0.25) is 0 Å². The fraction of sp³-hybridized carbons (Fsp3) is 0.286. The number of nitrogens with zero attached hydrogens (tertiary/aromatic N) is 2. The van der Waals surface area contributed by atoms with Crippen molar-refractivity contribution in [1.29, 1.82) is 0 Å². The van der Waals surface area contributed by atoms with Gasteiger partial charge in [-0.05, 0) is 49.6 Å². The Balaban J connectivity index is 1.37. The maximum absolute atomic E-state index is 13.5. The number of para-hydroxylation sites is 2. The molecule has 3 aromatic carbocycles. The number of carbonyl (C=O) groups excluding carboxylic acids is 2. The van der Waals surface area contributed by atoms with Crippen molar-refractivity contribution in [2.75, 3.05) is 29.9 Å². The van der Waals surface area contributed by atoms with Crippen LogP contribution in [0.15, 0.2) is 84.9 Å². The Morgan fingerprint density at radius 3 is 2.18 bits per heavy atom. The van der Waals surface area contributed by atoms with E-state index in [0.717, 1.165) is 48.4 Å². The monoisotopic (exact) mass is 456 g/mol. The third-order valence-electron chi connectivity index (χ3n) is 6.22. The number of amides is 3. The number of carbonyl (C=O) groups is 2. The molecule has 3 aromatic rings. The van der Waals surface area contributed by atoms with Crippen LogP contribution >= 0.6 is 0 Å². The molecule has 2 N–H and O–H groups in total. The molecule has 176 valence electrons. The molecule has 1 aliphatic rings. The van der Waals surface area contributed by atoms with Crippen molar-refractivity contribution in [3.05, 3.63) is 96.1 Å². The van der Waals surface area contributed by atoms with Crippen LogP contribution < -0.4 is 15.5 Å². The zero-order valence-corrected chi connectivity index (χ0v) is 19.6. The molecular weight excluding hydrogens is 424 g/mol. The first kappa shape index (κ1) is 23.4. The van der Waals surface area contributed by atoms with Crippen molar-refractivity contribution in [3.8, 4) is 0 Å². The highest BCUT2D eigenvalue weighted by Gasteiger charge is 2.25. The van der Waals surface area contributed by atoms with Gasteiger partial charge in [0, 0.05) is 43.6 Å². The van der Waals surface area contributed by atoms with Crippen LogP contribution in [0, 0.1) is 0 Å². The molecule has 0 unspecified atom stereocenters. The van der Waals surface area contributed by atoms with Gasteiger partial charge in [0.25, 0.3) is 5.91 Å². The highest BCUT2D eigenvalue weighted by Crippen LogP contribution is 2.26. The zero-order chi connectivity index (χ0) is 23.8. The number of nitrogens with one attached hydrogen (secondary N) is 2. The number of hydrogen-bond donors (Lipinski definition) is 2. The topological polar surface area (TPSA) is 64.7 Å². The molecule has 0 bridgehead atoms. The molecule has 6 heteroatoms. The van der Waals surface area contributed by atoms with Crippen molar-refractivity contribution < 1.29 is 9.59 Å². The van der Waals surface area contributed by atoms with Gasteiger partial charge in [-0.25, -0.2) is 4.79 Å². The van der Waals surface area contributed by atoms with Crippen LogP contribution in [0.5, 0.6) is 0 Å². The lowest BCUT2D eigenvalue weighted by molar-refractivity contribution is 0.0753. The summed E-state index contributed by atoms with van der Waals surface area (Å²) >= 11 is 0. The second kappa shape index (κ2) is 11.4. The summed E-state index contributed by atoms with van der Waals surface area (Å²) in [6.45, 7) is 4.81. The van der Waals surface area contributed by atoms with Crippen molar-refractivity contribution in [3.63, 3.8) is 0 Å². The van der Waals surface area contributed by atoms with Gasteiger partial charge >= 0.3 is 6.03 Å². The third kappa shape index (κ3) is 5.95. The largest absolute Gasteiger partial charge is 0.371 e. The van der Waals surface area contributed by atoms with E-state index in [1.807, 2.05) is 96.8 Å². The smallest absolute Gasteiger partial charge is 0.319 e. The molecule has 34 heavy (non-hydrogen) atoms. The lowest BCUT2D eigenvalue weighted by Gasteiger charge is -2.35. The summed E-state index contributed by atoms with van der Waals surface area (Å²) in [6, 6.07) is 27.3. The van der Waals surface area contributed by atoms with E-state index in [1.54, 1.807) is 0 Å². The van der Waals surface area contributed by atoms with Gasteiger partial charge in [0.15, 0.2) is 0 Å². The minimum atomic E-state index is -0.181. The lowest BCUT2D eigenvalue weighted by atomic mass is 10.0. The molecule has 4 rings (SSSR count). The van der Waals surface area contributed by atoms with E-state index < -0.39 is 0 Å². The maximum Gasteiger partial charge on any atom is 0.319 e. The molecule has 0 aromatic heterocycles. The van der Waals surface area contributed by atoms with Gasteiger partial charge in [-0.3, -0.25) is 4.79 Å². The minimum Gasteiger partial charge on any atom is -0.371 e.